The SMILES string of the molecule is CCCCCCCC/C(CC(CC(=O)O)c1ccccc1)=N/O. The number of hydrogen-bond acceptors (Lipinski definition) is 3. The normalized spacial score (nSPS) is 13.0. The maximum absolute atomic E-state index is 11.1. The Morgan fingerprint density at radius 3 is 2.30 bits per heavy atom. The Morgan fingerprint density at radius 2 is 1.70 bits per heavy atom. The summed E-state index contributed by atoms with van der Waals surface area (Å²) in [7, 11) is 0. The van der Waals surface area contributed by atoms with Gasteiger partial charge in [-0.2, -0.15) is 0 Å². The van der Waals surface area contributed by atoms with Crippen molar-refractivity contribution in [2.45, 2.75) is 70.6 Å². The molecule has 1 atom stereocenters. The molecule has 23 heavy (non-hydrogen) atoms. The van der Waals surface area contributed by atoms with Crippen molar-refractivity contribution in [3.8, 4) is 0 Å². The molecule has 4 nitrogen and oxygen atoms in total. The van der Waals surface area contributed by atoms with E-state index in [9.17, 15) is 10.0 Å². The molecule has 0 saturated carbocycles. The van der Waals surface area contributed by atoms with E-state index in [0.717, 1.165) is 24.8 Å². The number of carboxylic acid groups (broad SMARTS) is 1. The van der Waals surface area contributed by atoms with Crippen molar-refractivity contribution in [2.75, 3.05) is 0 Å². The smallest absolute Gasteiger partial charge is 0.303 e. The molecular formula is C19H29NO3. The van der Waals surface area contributed by atoms with Crippen LogP contribution < -0.4 is 0 Å². The van der Waals surface area contributed by atoms with Crippen LogP contribution in [0.2, 0.25) is 0 Å². The summed E-state index contributed by atoms with van der Waals surface area (Å²) in [6.45, 7) is 2.20. The summed E-state index contributed by atoms with van der Waals surface area (Å²) >= 11 is 0. The molecule has 0 radical (unpaired) electrons. The average molecular weight is 319 g/mol. The van der Waals surface area contributed by atoms with Gasteiger partial charge in [0.25, 0.3) is 0 Å². The van der Waals surface area contributed by atoms with Gasteiger partial charge in [0.05, 0.1) is 12.1 Å². The molecular weight excluding hydrogens is 290 g/mol. The van der Waals surface area contributed by atoms with Crippen LogP contribution in [0.5, 0.6) is 0 Å². The number of rotatable bonds is 12. The van der Waals surface area contributed by atoms with E-state index in [4.69, 9.17) is 5.11 Å². The van der Waals surface area contributed by atoms with E-state index in [-0.39, 0.29) is 12.3 Å². The van der Waals surface area contributed by atoms with Gasteiger partial charge in [0, 0.05) is 0 Å². The summed E-state index contributed by atoms with van der Waals surface area (Å²) < 4.78 is 0. The van der Waals surface area contributed by atoms with Crippen LogP contribution in [0.1, 0.15) is 76.2 Å². The summed E-state index contributed by atoms with van der Waals surface area (Å²) in [6, 6.07) is 9.61. The van der Waals surface area contributed by atoms with Gasteiger partial charge in [0.1, 0.15) is 0 Å². The molecule has 0 aliphatic carbocycles. The first-order valence-electron chi connectivity index (χ1n) is 8.63. The van der Waals surface area contributed by atoms with Crippen LogP contribution in [0.4, 0.5) is 0 Å². The Kier molecular flexibility index (Phi) is 9.76. The summed E-state index contributed by atoms with van der Waals surface area (Å²) in [4.78, 5) is 11.1. The largest absolute Gasteiger partial charge is 0.481 e. The predicted octanol–water partition coefficient (Wildman–Crippen LogP) is 5.22. The predicted molar refractivity (Wildman–Crippen MR) is 93.3 cm³/mol. The van der Waals surface area contributed by atoms with E-state index in [1.807, 2.05) is 30.3 Å². The van der Waals surface area contributed by atoms with Crippen molar-refractivity contribution in [3.63, 3.8) is 0 Å². The van der Waals surface area contributed by atoms with Crippen LogP contribution in [-0.2, 0) is 4.79 Å². The fourth-order valence-corrected chi connectivity index (χ4v) is 2.83. The van der Waals surface area contributed by atoms with Crippen molar-refractivity contribution in [1.29, 1.82) is 0 Å². The summed E-state index contributed by atoms with van der Waals surface area (Å²) in [5.41, 5.74) is 1.69. The third-order valence-corrected chi connectivity index (χ3v) is 4.13. The molecule has 0 aliphatic rings. The lowest BCUT2D eigenvalue weighted by Gasteiger charge is -2.16. The zero-order valence-electron chi connectivity index (χ0n) is 14.1. The first kappa shape index (κ1) is 19.2. The minimum Gasteiger partial charge on any atom is -0.481 e. The first-order chi connectivity index (χ1) is 11.2. The number of oxime groups is 1. The van der Waals surface area contributed by atoms with Crippen molar-refractivity contribution in [2.24, 2.45) is 5.16 Å². The zero-order chi connectivity index (χ0) is 16.9. The van der Waals surface area contributed by atoms with Gasteiger partial charge in [0.15, 0.2) is 0 Å². The maximum atomic E-state index is 11.1. The third-order valence-electron chi connectivity index (χ3n) is 4.13. The Bertz CT molecular complexity index is 471. The van der Waals surface area contributed by atoms with Crippen molar-refractivity contribution in [1.82, 2.24) is 0 Å². The van der Waals surface area contributed by atoms with Gasteiger partial charge in [-0.1, -0.05) is 74.5 Å². The lowest BCUT2D eigenvalue weighted by Crippen LogP contribution is -2.12. The molecule has 0 heterocycles. The molecule has 128 valence electrons. The number of carboxylic acids is 1. The molecule has 0 amide bonds. The quantitative estimate of drug-likeness (QED) is 0.240. The molecule has 0 bridgehead atoms. The van der Waals surface area contributed by atoms with Crippen LogP contribution in [0.25, 0.3) is 0 Å². The van der Waals surface area contributed by atoms with E-state index in [0.29, 0.717) is 12.1 Å². The van der Waals surface area contributed by atoms with Crippen LogP contribution in [0, 0.1) is 0 Å². The van der Waals surface area contributed by atoms with Crippen LogP contribution in [0.15, 0.2) is 35.5 Å². The van der Waals surface area contributed by atoms with E-state index in [1.54, 1.807) is 0 Å². The second kappa shape index (κ2) is 11.7. The van der Waals surface area contributed by atoms with Crippen molar-refractivity contribution < 1.29 is 15.1 Å². The minimum atomic E-state index is -0.823. The van der Waals surface area contributed by atoms with Gasteiger partial charge in [-0.15, -0.1) is 0 Å². The van der Waals surface area contributed by atoms with Gasteiger partial charge in [-0.3, -0.25) is 4.79 Å². The molecule has 4 heteroatoms. The lowest BCUT2D eigenvalue weighted by molar-refractivity contribution is -0.137. The average Bonchev–Trinajstić information content (AvgIpc) is 2.56. The number of nitrogens with zero attached hydrogens (tertiary/aromatic N) is 1. The molecule has 0 aliphatic heterocycles. The minimum absolute atomic E-state index is 0.0551. The molecule has 0 aromatic heterocycles. The Hall–Kier alpha value is -1.84. The van der Waals surface area contributed by atoms with Gasteiger partial charge < -0.3 is 10.3 Å². The number of hydrogen-bond donors (Lipinski definition) is 2. The summed E-state index contributed by atoms with van der Waals surface area (Å²) in [6.07, 6.45) is 8.41. The lowest BCUT2D eigenvalue weighted by atomic mass is 9.89. The van der Waals surface area contributed by atoms with Gasteiger partial charge in [0.2, 0.25) is 0 Å². The van der Waals surface area contributed by atoms with E-state index in [1.165, 1.54) is 25.7 Å². The molecule has 0 spiro atoms. The fraction of sp³-hybridized carbons (Fsp3) is 0.579. The molecule has 1 aromatic rings. The van der Waals surface area contributed by atoms with Crippen molar-refractivity contribution in [3.05, 3.63) is 35.9 Å². The van der Waals surface area contributed by atoms with Gasteiger partial charge >= 0.3 is 5.97 Å². The number of aliphatic carboxylic acids is 1. The number of benzene rings is 1. The Morgan fingerprint density at radius 1 is 1.04 bits per heavy atom. The highest BCUT2D eigenvalue weighted by molar-refractivity contribution is 5.85. The fourth-order valence-electron chi connectivity index (χ4n) is 2.83. The molecule has 2 N–H and O–H groups in total. The Balaban J connectivity index is 2.50. The summed E-state index contributed by atoms with van der Waals surface area (Å²) in [5, 5.41) is 21.8. The zero-order valence-corrected chi connectivity index (χ0v) is 14.1. The van der Waals surface area contributed by atoms with E-state index in [2.05, 4.69) is 12.1 Å². The second-order valence-electron chi connectivity index (χ2n) is 6.09. The van der Waals surface area contributed by atoms with Crippen LogP contribution >= 0.6 is 0 Å². The molecule has 1 aromatic carbocycles. The van der Waals surface area contributed by atoms with Crippen molar-refractivity contribution >= 4 is 11.7 Å². The van der Waals surface area contributed by atoms with E-state index < -0.39 is 5.97 Å². The first-order valence-corrected chi connectivity index (χ1v) is 8.63. The maximum Gasteiger partial charge on any atom is 0.303 e. The monoisotopic (exact) mass is 319 g/mol. The Labute approximate surface area is 139 Å². The highest BCUT2D eigenvalue weighted by Gasteiger charge is 2.18. The third kappa shape index (κ3) is 8.38. The topological polar surface area (TPSA) is 69.9 Å². The van der Waals surface area contributed by atoms with Crippen LogP contribution in [-0.4, -0.2) is 22.0 Å². The highest BCUT2D eigenvalue weighted by Crippen LogP contribution is 2.25. The second-order valence-corrected chi connectivity index (χ2v) is 6.09. The standard InChI is InChI=1S/C19H29NO3/c1-2-3-4-5-6-10-13-18(20-23)14-17(15-19(21)22)16-11-8-7-9-12-16/h7-9,11-12,17,23H,2-6,10,13-15H2,1H3,(H,21,22)/b20-18-. The van der Waals surface area contributed by atoms with Crippen LogP contribution in [0.3, 0.4) is 0 Å². The molecule has 1 rings (SSSR count). The molecule has 1 unspecified atom stereocenters. The number of unbranched alkanes of at least 4 members (excludes halogenated alkanes) is 5. The molecule has 0 fully saturated rings. The molecule has 0 saturated heterocycles. The highest BCUT2D eigenvalue weighted by atomic mass is 16.4. The number of carbonyl (C=O) groups is 1. The summed E-state index contributed by atoms with van der Waals surface area (Å²) in [5.74, 6) is -0.963. The van der Waals surface area contributed by atoms with Gasteiger partial charge in [-0.25, -0.2) is 0 Å². The van der Waals surface area contributed by atoms with E-state index >= 15 is 0 Å². The van der Waals surface area contributed by atoms with Gasteiger partial charge in [-0.05, 0) is 30.7 Å².